The van der Waals surface area contributed by atoms with Crippen molar-refractivity contribution in [3.05, 3.63) is 0 Å². The van der Waals surface area contributed by atoms with Crippen LogP contribution in [0.1, 0.15) is 33.1 Å². The van der Waals surface area contributed by atoms with Crippen molar-refractivity contribution in [3.63, 3.8) is 0 Å². The average molecular weight is 187 g/mol. The number of hydrogen-bond acceptors (Lipinski definition) is 3. The van der Waals surface area contributed by atoms with Crippen LogP contribution in [0, 0.1) is 0 Å². The Morgan fingerprint density at radius 3 is 2.77 bits per heavy atom. The van der Waals surface area contributed by atoms with Crippen LogP contribution in [0.2, 0.25) is 0 Å². The predicted molar refractivity (Wildman–Crippen MR) is 52.7 cm³/mol. The molecule has 1 aliphatic carbocycles. The maximum absolute atomic E-state index is 9.03. The van der Waals surface area contributed by atoms with Gasteiger partial charge in [-0.1, -0.05) is 0 Å². The van der Waals surface area contributed by atoms with Crippen LogP contribution < -0.4 is 5.32 Å². The van der Waals surface area contributed by atoms with Gasteiger partial charge in [-0.05, 0) is 39.7 Å². The molecule has 1 unspecified atom stereocenters. The van der Waals surface area contributed by atoms with E-state index in [9.17, 15) is 0 Å². The van der Waals surface area contributed by atoms with Gasteiger partial charge < -0.3 is 15.2 Å². The molecule has 1 saturated carbocycles. The highest BCUT2D eigenvalue weighted by Crippen LogP contribution is 2.22. The van der Waals surface area contributed by atoms with Crippen LogP contribution in [-0.2, 0) is 4.74 Å². The summed E-state index contributed by atoms with van der Waals surface area (Å²) in [6, 6.07) is 0.621. The molecule has 0 spiro atoms. The normalized spacial score (nSPS) is 29.8. The van der Waals surface area contributed by atoms with Gasteiger partial charge in [-0.15, -0.1) is 0 Å². The molecule has 13 heavy (non-hydrogen) atoms. The highest BCUT2D eigenvalue weighted by molar-refractivity contribution is 4.85. The molecule has 0 radical (unpaired) electrons. The Hall–Kier alpha value is -0.120. The lowest BCUT2D eigenvalue weighted by Gasteiger charge is -2.35. The zero-order valence-electron chi connectivity index (χ0n) is 8.62. The van der Waals surface area contributed by atoms with Gasteiger partial charge in [-0.2, -0.15) is 0 Å². The molecule has 2 N–H and O–H groups in total. The zero-order valence-corrected chi connectivity index (χ0v) is 8.62. The molecule has 0 amide bonds. The summed E-state index contributed by atoms with van der Waals surface area (Å²) in [6.45, 7) is 5.60. The summed E-state index contributed by atoms with van der Waals surface area (Å²) in [7, 11) is 0. The third-order valence-corrected chi connectivity index (χ3v) is 2.49. The molecule has 1 aliphatic rings. The Morgan fingerprint density at radius 2 is 2.23 bits per heavy atom. The van der Waals surface area contributed by atoms with Crippen LogP contribution in [-0.4, -0.2) is 36.5 Å². The van der Waals surface area contributed by atoms with Crippen molar-refractivity contribution in [1.29, 1.82) is 0 Å². The van der Waals surface area contributed by atoms with Gasteiger partial charge in [0.15, 0.2) is 0 Å². The molecule has 1 fully saturated rings. The fraction of sp³-hybridized carbons (Fsp3) is 1.00. The fourth-order valence-electron chi connectivity index (χ4n) is 1.60. The maximum Gasteiger partial charge on any atom is 0.0604 e. The summed E-state index contributed by atoms with van der Waals surface area (Å²) in [6.07, 6.45) is 3.40. The molecule has 0 saturated heterocycles. The second-order valence-corrected chi connectivity index (χ2v) is 3.84. The minimum atomic E-state index is -0.185. The lowest BCUT2D eigenvalue weighted by molar-refractivity contribution is -0.0102. The summed E-state index contributed by atoms with van der Waals surface area (Å²) >= 11 is 0. The standard InChI is InChI=1S/C10H21NO2/c1-3-13-10-6-9(7-10)11-5-4-8(2)12/h8-12H,3-7H2,1-2H3. The molecular weight excluding hydrogens is 166 g/mol. The van der Waals surface area contributed by atoms with Crippen molar-refractivity contribution in [1.82, 2.24) is 5.32 Å². The SMILES string of the molecule is CCOC1CC(NCCC(C)O)C1. The molecule has 3 nitrogen and oxygen atoms in total. The minimum Gasteiger partial charge on any atom is -0.393 e. The van der Waals surface area contributed by atoms with Gasteiger partial charge in [-0.3, -0.25) is 0 Å². The Balaban J connectivity index is 1.90. The molecule has 3 heteroatoms. The van der Waals surface area contributed by atoms with Crippen molar-refractivity contribution in [3.8, 4) is 0 Å². The summed E-state index contributed by atoms with van der Waals surface area (Å²) in [5, 5.41) is 12.4. The first-order valence-corrected chi connectivity index (χ1v) is 5.25. The van der Waals surface area contributed by atoms with E-state index in [0.29, 0.717) is 12.1 Å². The van der Waals surface area contributed by atoms with E-state index in [-0.39, 0.29) is 6.10 Å². The summed E-state index contributed by atoms with van der Waals surface area (Å²) in [5.74, 6) is 0. The predicted octanol–water partition coefficient (Wildman–Crippen LogP) is 0.914. The topological polar surface area (TPSA) is 41.5 Å². The van der Waals surface area contributed by atoms with Crippen LogP contribution in [0.5, 0.6) is 0 Å². The van der Waals surface area contributed by atoms with Gasteiger partial charge >= 0.3 is 0 Å². The number of aliphatic hydroxyl groups is 1. The van der Waals surface area contributed by atoms with Crippen LogP contribution in [0.3, 0.4) is 0 Å². The molecular formula is C10H21NO2. The second kappa shape index (κ2) is 5.58. The van der Waals surface area contributed by atoms with Crippen molar-refractivity contribution >= 4 is 0 Å². The van der Waals surface area contributed by atoms with Gasteiger partial charge in [0.25, 0.3) is 0 Å². The van der Waals surface area contributed by atoms with E-state index >= 15 is 0 Å². The lowest BCUT2D eigenvalue weighted by Crippen LogP contribution is -2.46. The largest absolute Gasteiger partial charge is 0.393 e. The Morgan fingerprint density at radius 1 is 1.54 bits per heavy atom. The number of hydrogen-bond donors (Lipinski definition) is 2. The van der Waals surface area contributed by atoms with E-state index in [1.54, 1.807) is 0 Å². The van der Waals surface area contributed by atoms with Crippen molar-refractivity contribution < 1.29 is 9.84 Å². The fourth-order valence-corrected chi connectivity index (χ4v) is 1.60. The summed E-state index contributed by atoms with van der Waals surface area (Å²) in [4.78, 5) is 0. The Labute approximate surface area is 80.5 Å². The highest BCUT2D eigenvalue weighted by Gasteiger charge is 2.28. The zero-order chi connectivity index (χ0) is 9.68. The monoisotopic (exact) mass is 187 g/mol. The van der Waals surface area contributed by atoms with E-state index < -0.39 is 0 Å². The number of rotatable bonds is 6. The smallest absolute Gasteiger partial charge is 0.0604 e. The third-order valence-electron chi connectivity index (χ3n) is 2.49. The first kappa shape index (κ1) is 11.0. The van der Waals surface area contributed by atoms with Gasteiger partial charge in [0.05, 0.1) is 12.2 Å². The lowest BCUT2D eigenvalue weighted by atomic mass is 9.89. The van der Waals surface area contributed by atoms with Crippen LogP contribution >= 0.6 is 0 Å². The van der Waals surface area contributed by atoms with E-state index in [1.165, 1.54) is 0 Å². The van der Waals surface area contributed by atoms with Gasteiger partial charge in [0.2, 0.25) is 0 Å². The Bertz CT molecular complexity index is 133. The van der Waals surface area contributed by atoms with E-state index in [0.717, 1.165) is 32.4 Å². The maximum atomic E-state index is 9.03. The summed E-state index contributed by atoms with van der Waals surface area (Å²) < 4.78 is 5.45. The quantitative estimate of drug-likeness (QED) is 0.649. The second-order valence-electron chi connectivity index (χ2n) is 3.84. The van der Waals surface area contributed by atoms with Gasteiger partial charge in [0, 0.05) is 12.6 Å². The highest BCUT2D eigenvalue weighted by atomic mass is 16.5. The molecule has 0 bridgehead atoms. The summed E-state index contributed by atoms with van der Waals surface area (Å²) in [5.41, 5.74) is 0. The van der Waals surface area contributed by atoms with Gasteiger partial charge in [-0.25, -0.2) is 0 Å². The molecule has 0 aromatic carbocycles. The molecule has 78 valence electrons. The molecule has 0 heterocycles. The molecule has 0 aromatic rings. The first-order chi connectivity index (χ1) is 6.22. The van der Waals surface area contributed by atoms with Crippen LogP contribution in [0.4, 0.5) is 0 Å². The van der Waals surface area contributed by atoms with Crippen LogP contribution in [0.15, 0.2) is 0 Å². The number of aliphatic hydroxyl groups excluding tert-OH is 1. The Kier molecular flexibility index (Phi) is 4.70. The van der Waals surface area contributed by atoms with E-state index in [2.05, 4.69) is 5.32 Å². The molecule has 1 rings (SSSR count). The van der Waals surface area contributed by atoms with E-state index in [4.69, 9.17) is 9.84 Å². The minimum absolute atomic E-state index is 0.185. The van der Waals surface area contributed by atoms with Crippen molar-refractivity contribution in [2.75, 3.05) is 13.2 Å². The molecule has 0 aliphatic heterocycles. The first-order valence-electron chi connectivity index (χ1n) is 5.25. The van der Waals surface area contributed by atoms with Crippen molar-refractivity contribution in [2.24, 2.45) is 0 Å². The average Bonchev–Trinajstić information content (AvgIpc) is 1.99. The molecule has 0 aromatic heterocycles. The van der Waals surface area contributed by atoms with E-state index in [1.807, 2.05) is 13.8 Å². The van der Waals surface area contributed by atoms with Crippen molar-refractivity contribution in [2.45, 2.75) is 51.4 Å². The number of ether oxygens (including phenoxy) is 1. The number of nitrogens with one attached hydrogen (secondary N) is 1. The molecule has 1 atom stereocenters. The third kappa shape index (κ3) is 4.07. The van der Waals surface area contributed by atoms with Gasteiger partial charge in [0.1, 0.15) is 0 Å². The van der Waals surface area contributed by atoms with Crippen LogP contribution in [0.25, 0.3) is 0 Å².